The first-order valence-electron chi connectivity index (χ1n) is 4.79. The summed E-state index contributed by atoms with van der Waals surface area (Å²) in [6.45, 7) is 5.09. The van der Waals surface area contributed by atoms with Gasteiger partial charge in [0.15, 0.2) is 0 Å². The summed E-state index contributed by atoms with van der Waals surface area (Å²) in [5, 5.41) is 8.50. The summed E-state index contributed by atoms with van der Waals surface area (Å²) in [6.07, 6.45) is 8.67. The predicted molar refractivity (Wildman–Crippen MR) is 69.7 cm³/mol. The van der Waals surface area contributed by atoms with Gasteiger partial charge in [0.25, 0.3) is 0 Å². The Morgan fingerprint density at radius 1 is 1.40 bits per heavy atom. The number of hydrogen-bond acceptors (Lipinski definition) is 3. The van der Waals surface area contributed by atoms with Crippen LogP contribution in [-0.4, -0.2) is 24.9 Å². The lowest BCUT2D eigenvalue weighted by Crippen LogP contribution is -1.90. The largest absolute Gasteiger partial charge is 0.501 e. The molecule has 0 atom stereocenters. The van der Waals surface area contributed by atoms with Gasteiger partial charge in [-0.2, -0.15) is 0 Å². The summed E-state index contributed by atoms with van der Waals surface area (Å²) in [7, 11) is 0. The van der Waals surface area contributed by atoms with Crippen molar-refractivity contribution in [1.29, 1.82) is 0 Å². The fraction of sp³-hybridized carbons (Fsp3) is 0.455. The molecule has 0 radical (unpaired) electrons. The van der Waals surface area contributed by atoms with Crippen LogP contribution in [0.3, 0.4) is 0 Å². The molecule has 0 amide bonds. The summed E-state index contributed by atoms with van der Waals surface area (Å²) in [5.41, 5.74) is 1.11. The van der Waals surface area contributed by atoms with E-state index in [1.165, 1.54) is 0 Å². The van der Waals surface area contributed by atoms with Crippen LogP contribution in [-0.2, 0) is 7.80 Å². The van der Waals surface area contributed by atoms with Crippen molar-refractivity contribution in [1.82, 2.24) is 0 Å². The highest BCUT2D eigenvalue weighted by Crippen LogP contribution is 2.04. The number of aliphatic hydroxyl groups excluding tert-OH is 1. The minimum Gasteiger partial charge on any atom is -0.501 e. The number of hydrogen-bond donors (Lipinski definition) is 1. The lowest BCUT2D eigenvalue weighted by molar-refractivity contribution is 0.199. The normalized spacial score (nSPS) is 12.0. The second kappa shape index (κ2) is 11.7. The molecule has 0 aliphatic rings. The Kier molecular flexibility index (Phi) is 11.5. The van der Waals surface area contributed by atoms with E-state index in [1.807, 2.05) is 35.2 Å². The first-order chi connectivity index (χ1) is 7.35. The van der Waals surface area contributed by atoms with Crippen molar-refractivity contribution in [2.45, 2.75) is 12.8 Å². The zero-order valence-electron chi connectivity index (χ0n) is 8.69. The molecule has 0 aromatic rings. The topological polar surface area (TPSA) is 38.7 Å². The molecule has 0 bridgehead atoms. The maximum Gasteiger partial charge on any atom is 0.109 e. The van der Waals surface area contributed by atoms with Crippen LogP contribution in [0.2, 0.25) is 0 Å². The van der Waals surface area contributed by atoms with E-state index in [0.29, 0.717) is 19.6 Å². The van der Waals surface area contributed by atoms with E-state index in [-0.39, 0.29) is 6.61 Å². The highest BCUT2D eigenvalue weighted by molar-refractivity contribution is 14.1. The van der Waals surface area contributed by atoms with Gasteiger partial charge in [0.05, 0.1) is 19.5 Å². The lowest BCUT2D eigenvalue weighted by Gasteiger charge is -1.98. The van der Waals surface area contributed by atoms with Gasteiger partial charge in [0.1, 0.15) is 23.0 Å². The van der Waals surface area contributed by atoms with E-state index >= 15 is 0 Å². The third kappa shape index (κ3) is 9.96. The number of allylic oxidation sites excluding steroid dienone is 3. The fourth-order valence-electron chi connectivity index (χ4n) is 0.844. The van der Waals surface area contributed by atoms with Crippen LogP contribution >= 0.6 is 23.0 Å². The van der Waals surface area contributed by atoms with Gasteiger partial charge in [0, 0.05) is 13.0 Å². The van der Waals surface area contributed by atoms with Crippen molar-refractivity contribution >= 4 is 23.0 Å². The number of rotatable bonds is 9. The Hall–Kier alpha value is -0.330. The molecule has 0 saturated heterocycles. The third-order valence-corrected chi connectivity index (χ3v) is 2.08. The Bertz CT molecular complexity index is 212. The Balaban J connectivity index is 3.72. The molecule has 0 aliphatic heterocycles. The van der Waals surface area contributed by atoms with Gasteiger partial charge in [-0.3, -0.25) is 0 Å². The smallest absolute Gasteiger partial charge is 0.109 e. The number of aliphatic hydroxyl groups is 1. The minimum atomic E-state index is 0.161. The first kappa shape index (κ1) is 14.7. The zero-order chi connectivity index (χ0) is 11.4. The number of ether oxygens (including phenoxy) is 1. The average Bonchev–Trinajstić information content (AvgIpc) is 2.27. The molecule has 0 aromatic heterocycles. The van der Waals surface area contributed by atoms with Crippen molar-refractivity contribution in [3.8, 4) is 0 Å². The van der Waals surface area contributed by atoms with E-state index < -0.39 is 0 Å². The summed E-state index contributed by atoms with van der Waals surface area (Å²) in [4.78, 5) is 0. The predicted octanol–water partition coefficient (Wildman–Crippen LogP) is 2.77. The van der Waals surface area contributed by atoms with E-state index in [9.17, 15) is 0 Å². The minimum absolute atomic E-state index is 0.161. The van der Waals surface area contributed by atoms with Crippen LogP contribution in [0.25, 0.3) is 0 Å². The molecule has 0 aliphatic carbocycles. The van der Waals surface area contributed by atoms with E-state index in [2.05, 4.69) is 6.58 Å². The summed E-state index contributed by atoms with van der Waals surface area (Å²) in [5.74, 6) is 0. The average molecular weight is 324 g/mol. The molecule has 0 heterocycles. The zero-order valence-corrected chi connectivity index (χ0v) is 10.9. The molecule has 1 N–H and O–H groups in total. The molecule has 0 saturated carbocycles. The number of halogens is 1. The second-order valence-corrected chi connectivity index (χ2v) is 3.41. The molecule has 4 heteroatoms. The molecule has 0 rings (SSSR count). The van der Waals surface area contributed by atoms with Crippen LogP contribution in [0.15, 0.2) is 36.6 Å². The molecular weight excluding hydrogens is 307 g/mol. The molecular formula is C11H17IO3. The lowest BCUT2D eigenvalue weighted by atomic mass is 10.2. The van der Waals surface area contributed by atoms with Gasteiger partial charge in [-0.15, -0.1) is 0 Å². The SMILES string of the molecule is C=C/C(=C\C=C\OCCCO)CCOI. The molecule has 0 unspecified atom stereocenters. The van der Waals surface area contributed by atoms with Gasteiger partial charge >= 0.3 is 0 Å². The van der Waals surface area contributed by atoms with Crippen LogP contribution < -0.4 is 0 Å². The van der Waals surface area contributed by atoms with Crippen molar-refractivity contribution < 1.29 is 12.9 Å². The van der Waals surface area contributed by atoms with Crippen molar-refractivity contribution in [2.24, 2.45) is 0 Å². The van der Waals surface area contributed by atoms with Crippen molar-refractivity contribution in [2.75, 3.05) is 19.8 Å². The van der Waals surface area contributed by atoms with Crippen molar-refractivity contribution in [3.63, 3.8) is 0 Å². The Labute approximate surface area is 105 Å². The molecule has 86 valence electrons. The van der Waals surface area contributed by atoms with E-state index in [0.717, 1.165) is 12.0 Å². The Morgan fingerprint density at radius 2 is 2.20 bits per heavy atom. The van der Waals surface area contributed by atoms with Crippen molar-refractivity contribution in [3.05, 3.63) is 36.6 Å². The summed E-state index contributed by atoms with van der Waals surface area (Å²) in [6, 6.07) is 0. The van der Waals surface area contributed by atoms with Crippen LogP contribution in [0, 0.1) is 0 Å². The standard InChI is InChI=1S/C11H17IO3/c1-2-11(6-10-15-12)5-3-8-14-9-4-7-13/h2-3,5,8,13H,1,4,6-7,9-10H2/b8-3+,11-5+. The van der Waals surface area contributed by atoms with Gasteiger partial charge < -0.3 is 12.9 Å². The summed E-state index contributed by atoms with van der Waals surface area (Å²) >= 11 is 1.87. The molecule has 0 fully saturated rings. The fourth-order valence-corrected chi connectivity index (χ4v) is 1.06. The van der Waals surface area contributed by atoms with E-state index in [1.54, 1.807) is 12.3 Å². The highest BCUT2D eigenvalue weighted by atomic mass is 127. The first-order valence-corrected chi connectivity index (χ1v) is 5.67. The monoisotopic (exact) mass is 324 g/mol. The van der Waals surface area contributed by atoms with Gasteiger partial charge in [0.2, 0.25) is 0 Å². The molecule has 0 spiro atoms. The van der Waals surface area contributed by atoms with Gasteiger partial charge in [-0.1, -0.05) is 18.7 Å². The van der Waals surface area contributed by atoms with Gasteiger partial charge in [-0.25, -0.2) is 0 Å². The maximum absolute atomic E-state index is 8.50. The van der Waals surface area contributed by atoms with Crippen LogP contribution in [0.1, 0.15) is 12.8 Å². The van der Waals surface area contributed by atoms with E-state index in [4.69, 9.17) is 12.9 Å². The van der Waals surface area contributed by atoms with Crippen LogP contribution in [0.5, 0.6) is 0 Å². The molecule has 3 nitrogen and oxygen atoms in total. The molecule has 0 aromatic carbocycles. The third-order valence-electron chi connectivity index (χ3n) is 1.64. The quantitative estimate of drug-likeness (QED) is 0.307. The highest BCUT2D eigenvalue weighted by Gasteiger charge is 1.89. The maximum atomic E-state index is 8.50. The second-order valence-electron chi connectivity index (χ2n) is 2.79. The summed E-state index contributed by atoms with van der Waals surface area (Å²) < 4.78 is 10.1. The van der Waals surface area contributed by atoms with Crippen LogP contribution in [0.4, 0.5) is 0 Å². The van der Waals surface area contributed by atoms with Gasteiger partial charge in [-0.05, 0) is 18.1 Å². The Morgan fingerprint density at radius 3 is 2.80 bits per heavy atom. The molecule has 15 heavy (non-hydrogen) atoms.